The first-order valence-corrected chi connectivity index (χ1v) is 9.01. The van der Waals surface area contributed by atoms with Crippen LogP contribution in [0, 0.1) is 5.92 Å². The van der Waals surface area contributed by atoms with Crippen molar-refractivity contribution in [3.05, 3.63) is 28.2 Å². The third kappa shape index (κ3) is 5.88. The summed E-state index contributed by atoms with van der Waals surface area (Å²) < 4.78 is 1.17. The van der Waals surface area contributed by atoms with Crippen LogP contribution in [0.15, 0.2) is 27.6 Å². The highest BCUT2D eigenvalue weighted by Gasteiger charge is 2.12. The molecular weight excluding hydrogens is 318 g/mol. The topological polar surface area (TPSA) is 12.0 Å². The zero-order valence-electron chi connectivity index (χ0n) is 12.5. The van der Waals surface area contributed by atoms with Crippen molar-refractivity contribution in [2.75, 3.05) is 12.3 Å². The lowest BCUT2D eigenvalue weighted by atomic mass is 10.1. The van der Waals surface area contributed by atoms with Gasteiger partial charge in [-0.3, -0.25) is 0 Å². The van der Waals surface area contributed by atoms with Gasteiger partial charge in [0.05, 0.1) is 0 Å². The van der Waals surface area contributed by atoms with Gasteiger partial charge in [0.1, 0.15) is 0 Å². The van der Waals surface area contributed by atoms with Crippen molar-refractivity contribution in [2.24, 2.45) is 5.92 Å². The van der Waals surface area contributed by atoms with Crippen molar-refractivity contribution < 1.29 is 0 Å². The first-order valence-electron chi connectivity index (χ1n) is 7.24. The van der Waals surface area contributed by atoms with Crippen LogP contribution in [0.3, 0.4) is 0 Å². The normalized spacial score (nSPS) is 14.4. The van der Waals surface area contributed by atoms with Crippen LogP contribution in [0.1, 0.15) is 52.1 Å². The van der Waals surface area contributed by atoms with E-state index in [-0.39, 0.29) is 0 Å². The Morgan fingerprint density at radius 3 is 2.63 bits per heavy atom. The average molecular weight is 344 g/mol. The Hall–Kier alpha value is 0.01000. The SMILES string of the molecule is CCCNC(C)c1ccc(Br)cc1SCC(C)CC. The maximum atomic E-state index is 3.59. The van der Waals surface area contributed by atoms with Crippen LogP contribution in [-0.4, -0.2) is 12.3 Å². The van der Waals surface area contributed by atoms with Crippen molar-refractivity contribution in [3.8, 4) is 0 Å². The molecule has 19 heavy (non-hydrogen) atoms. The number of rotatable bonds is 8. The molecule has 2 atom stereocenters. The Bertz CT molecular complexity index is 381. The molecule has 1 aromatic rings. The minimum Gasteiger partial charge on any atom is -0.310 e. The van der Waals surface area contributed by atoms with Crippen LogP contribution in [0.2, 0.25) is 0 Å². The van der Waals surface area contributed by atoms with Gasteiger partial charge >= 0.3 is 0 Å². The summed E-state index contributed by atoms with van der Waals surface area (Å²) in [6.45, 7) is 10.1. The molecule has 0 radical (unpaired) electrons. The monoisotopic (exact) mass is 343 g/mol. The molecule has 0 bridgehead atoms. The van der Waals surface area contributed by atoms with E-state index in [2.05, 4.69) is 67.1 Å². The number of nitrogens with one attached hydrogen (secondary N) is 1. The third-order valence-electron chi connectivity index (χ3n) is 3.36. The van der Waals surface area contributed by atoms with Crippen LogP contribution in [0.4, 0.5) is 0 Å². The van der Waals surface area contributed by atoms with E-state index < -0.39 is 0 Å². The second-order valence-electron chi connectivity index (χ2n) is 5.18. The standard InChI is InChI=1S/C16H26BrNS/c1-5-9-18-13(4)15-8-7-14(17)10-16(15)19-11-12(3)6-2/h7-8,10,12-13,18H,5-6,9,11H2,1-4H3. The smallest absolute Gasteiger partial charge is 0.0302 e. The van der Waals surface area contributed by atoms with Crippen molar-refractivity contribution >= 4 is 27.7 Å². The molecular formula is C16H26BrNS. The largest absolute Gasteiger partial charge is 0.310 e. The van der Waals surface area contributed by atoms with E-state index >= 15 is 0 Å². The van der Waals surface area contributed by atoms with Crippen molar-refractivity contribution in [2.45, 2.75) is 51.5 Å². The van der Waals surface area contributed by atoms with Crippen molar-refractivity contribution in [1.82, 2.24) is 5.32 Å². The van der Waals surface area contributed by atoms with Crippen LogP contribution in [0.25, 0.3) is 0 Å². The second-order valence-corrected chi connectivity index (χ2v) is 7.16. The van der Waals surface area contributed by atoms with Gasteiger partial charge in [-0.25, -0.2) is 0 Å². The Morgan fingerprint density at radius 1 is 1.26 bits per heavy atom. The molecule has 0 fully saturated rings. The predicted octanol–water partition coefficient (Wildman–Crippen LogP) is 5.65. The van der Waals surface area contributed by atoms with Crippen LogP contribution in [-0.2, 0) is 0 Å². The summed E-state index contributed by atoms with van der Waals surface area (Å²) >= 11 is 5.57. The third-order valence-corrected chi connectivity index (χ3v) is 5.26. The summed E-state index contributed by atoms with van der Waals surface area (Å²) in [4.78, 5) is 1.41. The summed E-state index contributed by atoms with van der Waals surface area (Å²) in [6.07, 6.45) is 2.43. The van der Waals surface area contributed by atoms with Gasteiger partial charge in [0, 0.05) is 21.2 Å². The lowest BCUT2D eigenvalue weighted by molar-refractivity contribution is 0.563. The number of benzene rings is 1. The van der Waals surface area contributed by atoms with Gasteiger partial charge < -0.3 is 5.32 Å². The maximum absolute atomic E-state index is 3.59. The van der Waals surface area contributed by atoms with E-state index in [1.807, 2.05) is 11.8 Å². The van der Waals surface area contributed by atoms with E-state index in [0.29, 0.717) is 6.04 Å². The van der Waals surface area contributed by atoms with E-state index in [9.17, 15) is 0 Å². The molecule has 3 heteroatoms. The average Bonchev–Trinajstić information content (AvgIpc) is 2.42. The van der Waals surface area contributed by atoms with Crippen molar-refractivity contribution in [1.29, 1.82) is 0 Å². The van der Waals surface area contributed by atoms with E-state index in [0.717, 1.165) is 12.5 Å². The molecule has 1 aromatic carbocycles. The van der Waals surface area contributed by atoms with Crippen LogP contribution >= 0.6 is 27.7 Å². The molecule has 108 valence electrons. The van der Waals surface area contributed by atoms with Crippen LogP contribution in [0.5, 0.6) is 0 Å². The molecule has 0 heterocycles. The Kier molecular flexibility index (Phi) is 8.12. The molecule has 0 saturated carbocycles. The zero-order chi connectivity index (χ0) is 14.3. The summed E-state index contributed by atoms with van der Waals surface area (Å²) in [6, 6.07) is 7.07. The molecule has 0 spiro atoms. The highest BCUT2D eigenvalue weighted by molar-refractivity contribution is 9.10. The number of hydrogen-bond donors (Lipinski definition) is 1. The fraction of sp³-hybridized carbons (Fsp3) is 0.625. The van der Waals surface area contributed by atoms with Gasteiger partial charge in [0.25, 0.3) is 0 Å². The fourth-order valence-corrected chi connectivity index (χ4v) is 3.65. The van der Waals surface area contributed by atoms with Crippen molar-refractivity contribution in [3.63, 3.8) is 0 Å². The molecule has 2 unspecified atom stereocenters. The first-order chi connectivity index (χ1) is 9.08. The Morgan fingerprint density at radius 2 is 2.00 bits per heavy atom. The molecule has 0 aromatic heterocycles. The lowest BCUT2D eigenvalue weighted by Crippen LogP contribution is -2.19. The molecule has 1 nitrogen and oxygen atoms in total. The van der Waals surface area contributed by atoms with E-state index in [4.69, 9.17) is 0 Å². The number of thioether (sulfide) groups is 1. The molecule has 0 aliphatic carbocycles. The summed E-state index contributed by atoms with van der Waals surface area (Å²) in [5.41, 5.74) is 1.42. The summed E-state index contributed by atoms with van der Waals surface area (Å²) in [5, 5.41) is 3.58. The van der Waals surface area contributed by atoms with Gasteiger partial charge in [-0.2, -0.15) is 0 Å². The Labute approximate surface area is 131 Å². The van der Waals surface area contributed by atoms with Gasteiger partial charge in [0.15, 0.2) is 0 Å². The van der Waals surface area contributed by atoms with Crippen LogP contribution < -0.4 is 5.32 Å². The molecule has 0 aliphatic rings. The highest BCUT2D eigenvalue weighted by Crippen LogP contribution is 2.32. The molecule has 0 aliphatic heterocycles. The maximum Gasteiger partial charge on any atom is 0.0302 e. The molecule has 0 saturated heterocycles. The van der Waals surface area contributed by atoms with Gasteiger partial charge in [-0.15, -0.1) is 11.8 Å². The fourth-order valence-electron chi connectivity index (χ4n) is 1.81. The zero-order valence-corrected chi connectivity index (χ0v) is 14.9. The number of halogens is 1. The minimum atomic E-state index is 0.424. The highest BCUT2D eigenvalue weighted by atomic mass is 79.9. The predicted molar refractivity (Wildman–Crippen MR) is 91.0 cm³/mol. The molecule has 1 rings (SSSR count). The minimum absolute atomic E-state index is 0.424. The quantitative estimate of drug-likeness (QED) is 0.612. The van der Waals surface area contributed by atoms with Gasteiger partial charge in [0.2, 0.25) is 0 Å². The number of hydrogen-bond acceptors (Lipinski definition) is 2. The van der Waals surface area contributed by atoms with E-state index in [1.54, 1.807) is 0 Å². The summed E-state index contributed by atoms with van der Waals surface area (Å²) in [7, 11) is 0. The molecule has 1 N–H and O–H groups in total. The van der Waals surface area contributed by atoms with E-state index in [1.165, 1.54) is 33.5 Å². The first kappa shape index (κ1) is 17.1. The molecule has 0 amide bonds. The lowest BCUT2D eigenvalue weighted by Gasteiger charge is -2.19. The second kappa shape index (κ2) is 9.04. The summed E-state index contributed by atoms with van der Waals surface area (Å²) in [5.74, 6) is 1.97. The van der Waals surface area contributed by atoms with Gasteiger partial charge in [-0.1, -0.05) is 49.2 Å². The van der Waals surface area contributed by atoms with Gasteiger partial charge in [-0.05, 0) is 43.5 Å². The Balaban J connectivity index is 2.78.